The molecule has 1 saturated heterocycles. The van der Waals surface area contributed by atoms with Crippen LogP contribution in [0.4, 0.5) is 0 Å². The molecule has 0 amide bonds. The third kappa shape index (κ3) is 3.99. The summed E-state index contributed by atoms with van der Waals surface area (Å²) in [6.07, 6.45) is 4.05. The number of Topliss-reactive ketones (excluding diaryl/α,β-unsaturated/α-hetero) is 1. The Kier molecular flexibility index (Phi) is 5.04. The van der Waals surface area contributed by atoms with Crippen LogP contribution in [-0.4, -0.2) is 39.4 Å². The van der Waals surface area contributed by atoms with Crippen molar-refractivity contribution in [3.05, 3.63) is 58.9 Å². The molecule has 0 radical (unpaired) electrons. The summed E-state index contributed by atoms with van der Waals surface area (Å²) in [6.45, 7) is 4.32. The fourth-order valence-electron chi connectivity index (χ4n) is 3.59. The van der Waals surface area contributed by atoms with Crippen LogP contribution in [0.2, 0.25) is 0 Å². The Morgan fingerprint density at radius 2 is 2.04 bits per heavy atom. The lowest BCUT2D eigenvalue weighted by atomic mass is 9.89. The first-order chi connectivity index (χ1) is 11.9. The van der Waals surface area contributed by atoms with E-state index in [2.05, 4.69) is 4.90 Å². The Morgan fingerprint density at radius 3 is 2.72 bits per heavy atom. The molecule has 1 aliphatic heterocycles. The van der Waals surface area contributed by atoms with Crippen LogP contribution < -0.4 is 0 Å². The summed E-state index contributed by atoms with van der Waals surface area (Å²) in [5.41, 5.74) is 3.33. The van der Waals surface area contributed by atoms with Gasteiger partial charge in [0.25, 0.3) is 0 Å². The molecule has 0 spiro atoms. The van der Waals surface area contributed by atoms with Crippen LogP contribution in [0.25, 0.3) is 0 Å². The van der Waals surface area contributed by atoms with Gasteiger partial charge in [-0.3, -0.25) is 9.69 Å². The van der Waals surface area contributed by atoms with Crippen molar-refractivity contribution in [1.29, 1.82) is 0 Å². The van der Waals surface area contributed by atoms with Gasteiger partial charge in [-0.05, 0) is 56.0 Å². The van der Waals surface area contributed by atoms with Gasteiger partial charge in [0.15, 0.2) is 5.78 Å². The molecule has 132 valence electrons. The standard InChI is InChI=1S/C20H24N2O3/c1-14(23)18-10-19(21(2)11-18)13-22-8-4-7-17(12-22)15-5-3-6-16(9-15)20(24)25/h3,5-6,9-11,17H,4,7-8,12-13H2,1-2H3,(H,24,25). The highest BCUT2D eigenvalue weighted by Crippen LogP contribution is 2.28. The Hall–Kier alpha value is -2.40. The van der Waals surface area contributed by atoms with Gasteiger partial charge < -0.3 is 9.67 Å². The normalized spacial score (nSPS) is 18.2. The lowest BCUT2D eigenvalue weighted by Gasteiger charge is -2.33. The summed E-state index contributed by atoms with van der Waals surface area (Å²) in [5, 5.41) is 9.19. The maximum atomic E-state index is 11.6. The number of hydrogen-bond acceptors (Lipinski definition) is 3. The van der Waals surface area contributed by atoms with E-state index in [1.807, 2.05) is 36.0 Å². The summed E-state index contributed by atoms with van der Waals surface area (Å²) in [6, 6.07) is 9.26. The molecule has 5 nitrogen and oxygen atoms in total. The van der Waals surface area contributed by atoms with Crippen molar-refractivity contribution < 1.29 is 14.7 Å². The molecule has 1 aromatic carbocycles. The predicted octanol–water partition coefficient (Wildman–Crippen LogP) is 3.31. The van der Waals surface area contributed by atoms with Crippen molar-refractivity contribution in [2.75, 3.05) is 13.1 Å². The van der Waals surface area contributed by atoms with Gasteiger partial charge >= 0.3 is 5.97 Å². The fraction of sp³-hybridized carbons (Fsp3) is 0.400. The van der Waals surface area contributed by atoms with E-state index >= 15 is 0 Å². The quantitative estimate of drug-likeness (QED) is 0.848. The number of likely N-dealkylation sites (tertiary alicyclic amines) is 1. The summed E-state index contributed by atoms with van der Waals surface area (Å²) in [5.74, 6) is -0.445. The van der Waals surface area contributed by atoms with Gasteiger partial charge in [-0.25, -0.2) is 4.79 Å². The van der Waals surface area contributed by atoms with Crippen molar-refractivity contribution >= 4 is 11.8 Å². The number of carbonyl (C=O) groups excluding carboxylic acids is 1. The number of benzene rings is 1. The molecule has 3 rings (SSSR count). The van der Waals surface area contributed by atoms with Crippen molar-refractivity contribution in [2.24, 2.45) is 7.05 Å². The average molecular weight is 340 g/mol. The first-order valence-electron chi connectivity index (χ1n) is 8.66. The summed E-state index contributed by atoms with van der Waals surface area (Å²) >= 11 is 0. The SMILES string of the molecule is CC(=O)c1cc(CN2CCCC(c3cccc(C(=O)O)c3)C2)n(C)c1. The molecule has 5 heteroatoms. The summed E-state index contributed by atoms with van der Waals surface area (Å²) in [4.78, 5) is 25.1. The molecule has 25 heavy (non-hydrogen) atoms. The van der Waals surface area contributed by atoms with E-state index in [0.717, 1.165) is 49.3 Å². The van der Waals surface area contributed by atoms with E-state index < -0.39 is 5.97 Å². The number of ketones is 1. The zero-order valence-electron chi connectivity index (χ0n) is 14.7. The topological polar surface area (TPSA) is 62.5 Å². The van der Waals surface area contributed by atoms with Gasteiger partial charge in [0.2, 0.25) is 0 Å². The van der Waals surface area contributed by atoms with Crippen LogP contribution >= 0.6 is 0 Å². The number of nitrogens with zero attached hydrogens (tertiary/aromatic N) is 2. The number of piperidine rings is 1. The lowest BCUT2D eigenvalue weighted by Crippen LogP contribution is -2.34. The van der Waals surface area contributed by atoms with E-state index in [4.69, 9.17) is 0 Å². The Labute approximate surface area is 147 Å². The third-order valence-electron chi connectivity index (χ3n) is 5.01. The number of hydrogen-bond donors (Lipinski definition) is 1. The monoisotopic (exact) mass is 340 g/mol. The third-order valence-corrected chi connectivity index (χ3v) is 5.01. The van der Waals surface area contributed by atoms with Crippen LogP contribution in [-0.2, 0) is 13.6 Å². The van der Waals surface area contributed by atoms with Crippen molar-refractivity contribution in [1.82, 2.24) is 9.47 Å². The van der Waals surface area contributed by atoms with Crippen molar-refractivity contribution in [2.45, 2.75) is 32.2 Å². The summed E-state index contributed by atoms with van der Waals surface area (Å²) in [7, 11) is 1.97. The minimum absolute atomic E-state index is 0.0869. The van der Waals surface area contributed by atoms with Crippen molar-refractivity contribution in [3.8, 4) is 0 Å². The molecule has 2 heterocycles. The first kappa shape index (κ1) is 17.4. The molecule has 0 bridgehead atoms. The highest BCUT2D eigenvalue weighted by molar-refractivity contribution is 5.94. The van der Waals surface area contributed by atoms with Gasteiger partial charge in [0.05, 0.1) is 5.56 Å². The number of aryl methyl sites for hydroxylation is 1. The average Bonchev–Trinajstić information content (AvgIpc) is 2.96. The van der Waals surface area contributed by atoms with Crippen LogP contribution in [0.15, 0.2) is 36.5 Å². The highest BCUT2D eigenvalue weighted by atomic mass is 16.4. The fourth-order valence-corrected chi connectivity index (χ4v) is 3.59. The number of aromatic nitrogens is 1. The molecule has 1 atom stereocenters. The second kappa shape index (κ2) is 7.23. The Balaban J connectivity index is 1.72. The molecule has 1 aromatic heterocycles. The number of carboxylic acid groups (broad SMARTS) is 1. The van der Waals surface area contributed by atoms with Crippen LogP contribution in [0.5, 0.6) is 0 Å². The van der Waals surface area contributed by atoms with Gasteiger partial charge in [0.1, 0.15) is 0 Å². The van der Waals surface area contributed by atoms with E-state index in [0.29, 0.717) is 11.5 Å². The largest absolute Gasteiger partial charge is 0.478 e. The number of rotatable bonds is 5. The molecule has 1 fully saturated rings. The Bertz CT molecular complexity index is 794. The number of aromatic carboxylic acids is 1. The van der Waals surface area contributed by atoms with Gasteiger partial charge in [-0.15, -0.1) is 0 Å². The highest BCUT2D eigenvalue weighted by Gasteiger charge is 2.23. The van der Waals surface area contributed by atoms with Crippen LogP contribution in [0.1, 0.15) is 57.7 Å². The molecule has 1 unspecified atom stereocenters. The van der Waals surface area contributed by atoms with E-state index in [-0.39, 0.29) is 5.78 Å². The van der Waals surface area contributed by atoms with Gasteiger partial charge in [-0.1, -0.05) is 12.1 Å². The van der Waals surface area contributed by atoms with Crippen LogP contribution in [0.3, 0.4) is 0 Å². The Morgan fingerprint density at radius 1 is 1.24 bits per heavy atom. The molecule has 0 saturated carbocycles. The molecule has 2 aromatic rings. The minimum atomic E-state index is -0.880. The zero-order valence-corrected chi connectivity index (χ0v) is 14.7. The molecule has 0 aliphatic carbocycles. The second-order valence-electron chi connectivity index (χ2n) is 6.89. The van der Waals surface area contributed by atoms with Gasteiger partial charge in [-0.2, -0.15) is 0 Å². The second-order valence-corrected chi connectivity index (χ2v) is 6.89. The lowest BCUT2D eigenvalue weighted by molar-refractivity contribution is 0.0696. The number of carbonyl (C=O) groups is 2. The molecular formula is C20H24N2O3. The smallest absolute Gasteiger partial charge is 0.335 e. The zero-order chi connectivity index (χ0) is 18.0. The van der Waals surface area contributed by atoms with Crippen molar-refractivity contribution in [3.63, 3.8) is 0 Å². The molecular weight excluding hydrogens is 316 g/mol. The summed E-state index contributed by atoms with van der Waals surface area (Å²) < 4.78 is 2.02. The predicted molar refractivity (Wildman–Crippen MR) is 96.1 cm³/mol. The minimum Gasteiger partial charge on any atom is -0.478 e. The maximum Gasteiger partial charge on any atom is 0.335 e. The van der Waals surface area contributed by atoms with E-state index in [9.17, 15) is 14.7 Å². The first-order valence-corrected chi connectivity index (χ1v) is 8.66. The van der Waals surface area contributed by atoms with E-state index in [1.165, 1.54) is 0 Å². The molecule has 1 aliphatic rings. The van der Waals surface area contributed by atoms with E-state index in [1.54, 1.807) is 19.1 Å². The van der Waals surface area contributed by atoms with Crippen LogP contribution in [0, 0.1) is 0 Å². The maximum absolute atomic E-state index is 11.6. The number of carboxylic acids is 1. The molecule has 1 N–H and O–H groups in total. The van der Waals surface area contributed by atoms with Gasteiger partial charge in [0, 0.05) is 37.6 Å².